The van der Waals surface area contributed by atoms with E-state index in [0.29, 0.717) is 19.0 Å². The van der Waals surface area contributed by atoms with Crippen LogP contribution in [0.5, 0.6) is 0 Å². The van der Waals surface area contributed by atoms with E-state index in [0.717, 1.165) is 19.4 Å². The van der Waals surface area contributed by atoms with Crippen LogP contribution in [0, 0.1) is 16.0 Å². The van der Waals surface area contributed by atoms with Crippen LogP contribution in [0.4, 0.5) is 5.69 Å². The number of nitro benzene ring substituents is 1. The van der Waals surface area contributed by atoms with Crippen LogP contribution in [0.15, 0.2) is 35.4 Å². The predicted molar refractivity (Wildman–Crippen MR) is 101 cm³/mol. The molecular weight excluding hydrogens is 380 g/mol. The second-order valence-corrected chi connectivity index (χ2v) is 8.05. The number of nitro groups is 1. The van der Waals surface area contributed by atoms with Crippen molar-refractivity contribution < 1.29 is 13.3 Å². The first-order valence-corrected chi connectivity index (χ1v) is 9.56. The van der Waals surface area contributed by atoms with Crippen LogP contribution in [0.2, 0.25) is 0 Å². The van der Waals surface area contributed by atoms with E-state index >= 15 is 0 Å². The summed E-state index contributed by atoms with van der Waals surface area (Å²) in [4.78, 5) is 14.8. The predicted octanol–water partition coefficient (Wildman–Crippen LogP) is 2.18. The van der Waals surface area contributed by atoms with Gasteiger partial charge in [0, 0.05) is 25.4 Å². The third kappa shape index (κ3) is 3.80. The number of fused-ring (bicyclic) bond motifs is 1. The van der Waals surface area contributed by atoms with Gasteiger partial charge >= 0.3 is 0 Å². The van der Waals surface area contributed by atoms with Gasteiger partial charge in [0.25, 0.3) is 5.69 Å². The van der Waals surface area contributed by atoms with Crippen molar-refractivity contribution >= 4 is 39.0 Å². The molecule has 0 saturated carbocycles. The number of pyridine rings is 1. The fourth-order valence-corrected chi connectivity index (χ4v) is 4.90. The molecule has 26 heavy (non-hydrogen) atoms. The van der Waals surface area contributed by atoms with Crippen molar-refractivity contribution in [2.75, 3.05) is 26.7 Å². The Morgan fingerprint density at radius 3 is 2.62 bits per heavy atom. The van der Waals surface area contributed by atoms with Crippen molar-refractivity contribution in [1.29, 1.82) is 0 Å². The number of hydrogen-bond donors (Lipinski definition) is 1. The van der Waals surface area contributed by atoms with Gasteiger partial charge in [0.2, 0.25) is 10.0 Å². The maximum atomic E-state index is 13.0. The fraction of sp³-hybridized carbons (Fsp3) is 0.438. The third-order valence-electron chi connectivity index (χ3n) is 4.59. The monoisotopic (exact) mass is 400 g/mol. The molecule has 0 unspecified atom stereocenters. The van der Waals surface area contributed by atoms with Crippen molar-refractivity contribution in [1.82, 2.24) is 14.6 Å². The van der Waals surface area contributed by atoms with Crippen LogP contribution in [0.3, 0.4) is 0 Å². The molecule has 0 amide bonds. The summed E-state index contributed by atoms with van der Waals surface area (Å²) < 4.78 is 27.5. The lowest BCUT2D eigenvalue weighted by Gasteiger charge is -2.31. The lowest BCUT2D eigenvalue weighted by atomic mass is 9.98. The summed E-state index contributed by atoms with van der Waals surface area (Å²) in [5.74, 6) is 0.461. The summed E-state index contributed by atoms with van der Waals surface area (Å²) in [6.07, 6.45) is 3.03. The minimum absolute atomic E-state index is 0. The summed E-state index contributed by atoms with van der Waals surface area (Å²) in [6.45, 7) is 1.76. The molecule has 1 aliphatic heterocycles. The summed E-state index contributed by atoms with van der Waals surface area (Å²) in [5, 5.41) is 14.5. The zero-order valence-electron chi connectivity index (χ0n) is 14.3. The Morgan fingerprint density at radius 1 is 1.31 bits per heavy atom. The van der Waals surface area contributed by atoms with Gasteiger partial charge in [0.15, 0.2) is 0 Å². The van der Waals surface area contributed by atoms with Crippen LogP contribution in [0.1, 0.15) is 12.8 Å². The summed E-state index contributed by atoms with van der Waals surface area (Å²) in [6, 6.07) is 5.63. The number of aromatic nitrogens is 1. The number of nitrogens with zero attached hydrogens (tertiary/aromatic N) is 3. The van der Waals surface area contributed by atoms with Crippen LogP contribution >= 0.6 is 12.4 Å². The first-order chi connectivity index (χ1) is 11.9. The molecule has 1 fully saturated rings. The molecule has 0 atom stereocenters. The van der Waals surface area contributed by atoms with E-state index in [1.54, 1.807) is 6.07 Å². The molecule has 8 nitrogen and oxygen atoms in total. The smallest absolute Gasteiger partial charge is 0.278 e. The van der Waals surface area contributed by atoms with Crippen molar-refractivity contribution in [2.45, 2.75) is 17.7 Å². The molecule has 0 bridgehead atoms. The molecule has 1 N–H and O–H groups in total. The normalized spacial score (nSPS) is 16.3. The van der Waals surface area contributed by atoms with Crippen molar-refractivity contribution in [3.63, 3.8) is 0 Å². The molecule has 0 radical (unpaired) electrons. The summed E-state index contributed by atoms with van der Waals surface area (Å²) in [5.41, 5.74) is 0.00354. The van der Waals surface area contributed by atoms with Gasteiger partial charge in [0.05, 0.1) is 15.8 Å². The zero-order valence-corrected chi connectivity index (χ0v) is 15.9. The van der Waals surface area contributed by atoms with Gasteiger partial charge < -0.3 is 5.32 Å². The topological polar surface area (TPSA) is 105 Å². The number of benzene rings is 1. The number of non-ortho nitro benzene ring substituents is 1. The molecule has 0 aliphatic carbocycles. The quantitative estimate of drug-likeness (QED) is 0.609. The number of hydrogen-bond acceptors (Lipinski definition) is 6. The second-order valence-electron chi connectivity index (χ2n) is 6.14. The standard InChI is InChI=1S/C16H20N4O4S.ClH/c1-17-11-12-6-9-19(10-7-12)25(23,24)15-5-4-14(20(21)22)13-3-2-8-18-16(13)15;/h2-5,8,12,17H,6-7,9-11H2,1H3;1H. The average molecular weight is 401 g/mol. The van der Waals surface area contributed by atoms with Crippen LogP contribution in [-0.4, -0.2) is 49.3 Å². The molecule has 1 aliphatic rings. The maximum Gasteiger partial charge on any atom is 0.278 e. The molecule has 0 spiro atoms. The molecular formula is C16H21ClN4O4S. The molecule has 2 heterocycles. The SMILES string of the molecule is CNCC1CCN(S(=O)(=O)c2ccc([N+](=O)[O-])c3cccnc23)CC1.Cl. The Morgan fingerprint density at radius 2 is 2.00 bits per heavy atom. The van der Waals surface area contributed by atoms with Gasteiger partial charge in [-0.25, -0.2) is 8.42 Å². The number of rotatable bonds is 5. The Kier molecular flexibility index (Phi) is 6.51. The average Bonchev–Trinajstić information content (AvgIpc) is 2.61. The first-order valence-electron chi connectivity index (χ1n) is 8.12. The highest BCUT2D eigenvalue weighted by Gasteiger charge is 2.32. The highest BCUT2D eigenvalue weighted by molar-refractivity contribution is 7.89. The lowest BCUT2D eigenvalue weighted by Crippen LogP contribution is -2.40. The van der Waals surface area contributed by atoms with E-state index < -0.39 is 14.9 Å². The fourth-order valence-electron chi connectivity index (χ4n) is 3.28. The Labute approximate surface area is 158 Å². The van der Waals surface area contributed by atoms with Crippen molar-refractivity contribution in [3.05, 3.63) is 40.6 Å². The van der Waals surface area contributed by atoms with Gasteiger partial charge in [0.1, 0.15) is 4.90 Å². The molecule has 3 rings (SSSR count). The van der Waals surface area contributed by atoms with E-state index in [2.05, 4.69) is 10.3 Å². The van der Waals surface area contributed by atoms with Crippen LogP contribution in [0.25, 0.3) is 10.9 Å². The largest absolute Gasteiger partial charge is 0.319 e. The molecule has 1 aromatic carbocycles. The van der Waals surface area contributed by atoms with Gasteiger partial charge in [-0.1, -0.05) is 0 Å². The Hall–Kier alpha value is -1.81. The van der Waals surface area contributed by atoms with Crippen LogP contribution < -0.4 is 5.32 Å². The third-order valence-corrected chi connectivity index (χ3v) is 6.52. The number of nitrogens with one attached hydrogen (secondary N) is 1. The van der Waals surface area contributed by atoms with Crippen molar-refractivity contribution in [3.8, 4) is 0 Å². The molecule has 142 valence electrons. The van der Waals surface area contributed by atoms with Crippen LogP contribution in [-0.2, 0) is 10.0 Å². The molecule has 10 heteroatoms. The first kappa shape index (κ1) is 20.5. The highest BCUT2D eigenvalue weighted by Crippen LogP contribution is 2.32. The van der Waals surface area contributed by atoms with Gasteiger partial charge in [-0.3, -0.25) is 15.1 Å². The zero-order chi connectivity index (χ0) is 18.0. The minimum atomic E-state index is -3.74. The van der Waals surface area contributed by atoms with E-state index in [1.807, 2.05) is 7.05 Å². The second kappa shape index (κ2) is 8.26. The van der Waals surface area contributed by atoms with Gasteiger partial charge in [-0.15, -0.1) is 12.4 Å². The van der Waals surface area contributed by atoms with E-state index in [4.69, 9.17) is 0 Å². The summed E-state index contributed by atoms with van der Waals surface area (Å²) >= 11 is 0. The van der Waals surface area contributed by atoms with E-state index in [-0.39, 0.29) is 33.9 Å². The number of halogens is 1. The Bertz CT molecular complexity index is 898. The summed E-state index contributed by atoms with van der Waals surface area (Å²) in [7, 11) is -1.85. The van der Waals surface area contributed by atoms with E-state index in [9.17, 15) is 18.5 Å². The van der Waals surface area contributed by atoms with Crippen molar-refractivity contribution in [2.24, 2.45) is 5.92 Å². The number of piperidine rings is 1. The molecule has 1 saturated heterocycles. The molecule has 1 aromatic heterocycles. The van der Waals surface area contributed by atoms with E-state index in [1.165, 1.54) is 28.7 Å². The maximum absolute atomic E-state index is 13.0. The lowest BCUT2D eigenvalue weighted by molar-refractivity contribution is -0.383. The highest BCUT2D eigenvalue weighted by atomic mass is 35.5. The number of sulfonamides is 1. The Balaban J connectivity index is 0.00000243. The molecule has 2 aromatic rings. The minimum Gasteiger partial charge on any atom is -0.319 e. The van der Waals surface area contributed by atoms with Gasteiger partial charge in [-0.2, -0.15) is 4.31 Å². The van der Waals surface area contributed by atoms with Gasteiger partial charge in [-0.05, 0) is 50.6 Å².